The fraction of sp³-hybridized carbons (Fsp3) is 0.350. The number of carbonyl (C=O) groups excluding carboxylic acids is 1. The zero-order valence-corrected chi connectivity index (χ0v) is 17.8. The maximum absolute atomic E-state index is 12.4. The van der Waals surface area contributed by atoms with E-state index in [9.17, 15) is 13.2 Å². The van der Waals surface area contributed by atoms with Gasteiger partial charge in [0.1, 0.15) is 17.2 Å². The summed E-state index contributed by atoms with van der Waals surface area (Å²) in [5.41, 5.74) is 0.978. The fourth-order valence-corrected chi connectivity index (χ4v) is 3.72. The maximum atomic E-state index is 12.4. The Morgan fingerprint density at radius 2 is 1.69 bits per heavy atom. The second-order valence-electron chi connectivity index (χ2n) is 6.25. The monoisotopic (exact) mass is 422 g/mol. The first-order valence-electron chi connectivity index (χ1n) is 8.92. The van der Waals surface area contributed by atoms with E-state index in [1.807, 2.05) is 0 Å². The van der Waals surface area contributed by atoms with E-state index in [2.05, 4.69) is 5.32 Å². The third-order valence-corrected chi connectivity index (χ3v) is 5.38. The van der Waals surface area contributed by atoms with E-state index in [1.54, 1.807) is 42.5 Å². The molecule has 2 rings (SSSR count). The topological polar surface area (TPSA) is 94.2 Å². The Hall–Kier alpha value is -2.94. The first kappa shape index (κ1) is 22.4. The fourth-order valence-electron chi connectivity index (χ4n) is 2.76. The van der Waals surface area contributed by atoms with E-state index >= 15 is 0 Å². The maximum Gasteiger partial charge on any atom is 0.232 e. The molecule has 0 unspecified atom stereocenters. The lowest BCUT2D eigenvalue weighted by atomic mass is 10.2. The van der Waals surface area contributed by atoms with Gasteiger partial charge in [-0.25, -0.2) is 8.42 Å². The lowest BCUT2D eigenvalue weighted by Gasteiger charge is -2.22. The van der Waals surface area contributed by atoms with Gasteiger partial charge in [-0.15, -0.1) is 0 Å². The Bertz CT molecular complexity index is 946. The predicted octanol–water partition coefficient (Wildman–Crippen LogP) is 2.90. The number of hydrogen-bond donors (Lipinski definition) is 1. The van der Waals surface area contributed by atoms with Crippen molar-refractivity contribution in [1.29, 1.82) is 0 Å². The van der Waals surface area contributed by atoms with Gasteiger partial charge in [-0.05, 0) is 30.7 Å². The van der Waals surface area contributed by atoms with Crippen LogP contribution in [-0.4, -0.2) is 48.5 Å². The summed E-state index contributed by atoms with van der Waals surface area (Å²) in [5.74, 6) is 1.39. The smallest absolute Gasteiger partial charge is 0.232 e. The summed E-state index contributed by atoms with van der Waals surface area (Å²) >= 11 is 0. The van der Waals surface area contributed by atoms with Gasteiger partial charge in [-0.2, -0.15) is 0 Å². The molecule has 0 atom stereocenters. The molecule has 9 heteroatoms. The molecule has 1 N–H and O–H groups in total. The minimum Gasteiger partial charge on any atom is -0.497 e. The number of nitrogens with zero attached hydrogens (tertiary/aromatic N) is 1. The molecular weight excluding hydrogens is 396 g/mol. The molecule has 0 fully saturated rings. The van der Waals surface area contributed by atoms with Crippen LogP contribution in [0.3, 0.4) is 0 Å². The minimum absolute atomic E-state index is 0.135. The van der Waals surface area contributed by atoms with Crippen LogP contribution in [0.2, 0.25) is 0 Å². The normalized spacial score (nSPS) is 10.9. The van der Waals surface area contributed by atoms with Crippen molar-refractivity contribution in [2.75, 3.05) is 43.8 Å². The summed E-state index contributed by atoms with van der Waals surface area (Å²) < 4.78 is 41.2. The highest BCUT2D eigenvalue weighted by molar-refractivity contribution is 7.92. The zero-order chi connectivity index (χ0) is 21.4. The van der Waals surface area contributed by atoms with Crippen molar-refractivity contribution >= 4 is 27.3 Å². The highest BCUT2D eigenvalue weighted by Crippen LogP contribution is 2.29. The van der Waals surface area contributed by atoms with Gasteiger partial charge in [-0.1, -0.05) is 6.07 Å². The second-order valence-corrected chi connectivity index (χ2v) is 8.16. The molecule has 158 valence electrons. The molecule has 29 heavy (non-hydrogen) atoms. The molecule has 0 radical (unpaired) electrons. The lowest BCUT2D eigenvalue weighted by Crippen LogP contribution is -2.31. The van der Waals surface area contributed by atoms with Gasteiger partial charge < -0.3 is 19.5 Å². The van der Waals surface area contributed by atoms with Gasteiger partial charge in [-0.3, -0.25) is 9.10 Å². The molecule has 0 aliphatic rings. The third kappa shape index (κ3) is 6.28. The Balaban J connectivity index is 2.03. The predicted molar refractivity (Wildman–Crippen MR) is 113 cm³/mol. The number of nitrogens with one attached hydrogen (secondary N) is 1. The van der Waals surface area contributed by atoms with Gasteiger partial charge in [0.25, 0.3) is 0 Å². The van der Waals surface area contributed by atoms with Crippen LogP contribution < -0.4 is 23.8 Å². The van der Waals surface area contributed by atoms with Gasteiger partial charge in [0.15, 0.2) is 0 Å². The number of hydrogen-bond acceptors (Lipinski definition) is 6. The Morgan fingerprint density at radius 3 is 2.31 bits per heavy atom. The molecule has 8 nitrogen and oxygen atoms in total. The summed E-state index contributed by atoms with van der Waals surface area (Å²) in [6, 6.07) is 11.9. The quantitative estimate of drug-likeness (QED) is 0.633. The van der Waals surface area contributed by atoms with Gasteiger partial charge in [0.05, 0.1) is 39.0 Å². The van der Waals surface area contributed by atoms with E-state index in [4.69, 9.17) is 14.2 Å². The average molecular weight is 423 g/mol. The molecule has 0 saturated heterocycles. The van der Waals surface area contributed by atoms with Crippen LogP contribution in [0.25, 0.3) is 0 Å². The van der Waals surface area contributed by atoms with Crippen LogP contribution in [0.15, 0.2) is 42.5 Å². The van der Waals surface area contributed by atoms with E-state index in [1.165, 1.54) is 25.6 Å². The number of anilines is 2. The summed E-state index contributed by atoms with van der Waals surface area (Å²) in [7, 11) is 1.05. The highest BCUT2D eigenvalue weighted by Gasteiger charge is 2.18. The van der Waals surface area contributed by atoms with Crippen molar-refractivity contribution in [1.82, 2.24) is 0 Å². The van der Waals surface area contributed by atoms with Crippen molar-refractivity contribution in [3.8, 4) is 17.2 Å². The number of methoxy groups -OCH3 is 3. The molecule has 0 heterocycles. The minimum atomic E-state index is -3.51. The summed E-state index contributed by atoms with van der Waals surface area (Å²) in [6.45, 7) is 0.161. The first-order chi connectivity index (χ1) is 13.8. The largest absolute Gasteiger partial charge is 0.497 e. The molecule has 1 amide bonds. The van der Waals surface area contributed by atoms with Crippen LogP contribution in [0.5, 0.6) is 17.2 Å². The Labute approximate surface area is 171 Å². The number of ether oxygens (including phenoxy) is 3. The van der Waals surface area contributed by atoms with E-state index < -0.39 is 10.0 Å². The molecule has 2 aromatic rings. The van der Waals surface area contributed by atoms with Crippen LogP contribution >= 0.6 is 0 Å². The van der Waals surface area contributed by atoms with Crippen molar-refractivity contribution in [3.63, 3.8) is 0 Å². The lowest BCUT2D eigenvalue weighted by molar-refractivity contribution is -0.116. The van der Waals surface area contributed by atoms with Crippen LogP contribution in [-0.2, 0) is 14.8 Å². The molecule has 0 saturated carbocycles. The highest BCUT2D eigenvalue weighted by atomic mass is 32.2. The third-order valence-electron chi connectivity index (χ3n) is 4.19. The van der Waals surface area contributed by atoms with Gasteiger partial charge in [0.2, 0.25) is 15.9 Å². The summed E-state index contributed by atoms with van der Waals surface area (Å²) in [6.07, 6.45) is 1.60. The van der Waals surface area contributed by atoms with Gasteiger partial charge >= 0.3 is 0 Å². The Morgan fingerprint density at radius 1 is 1.00 bits per heavy atom. The average Bonchev–Trinajstić information content (AvgIpc) is 2.70. The van der Waals surface area contributed by atoms with Crippen molar-refractivity contribution in [2.45, 2.75) is 12.8 Å². The molecule has 2 aromatic carbocycles. The second kappa shape index (κ2) is 10.0. The van der Waals surface area contributed by atoms with Crippen LogP contribution in [0.1, 0.15) is 12.8 Å². The van der Waals surface area contributed by atoms with Gasteiger partial charge in [0, 0.05) is 25.1 Å². The molecule has 0 bridgehead atoms. The van der Waals surface area contributed by atoms with Crippen molar-refractivity contribution in [2.24, 2.45) is 0 Å². The molecule has 0 aliphatic heterocycles. The zero-order valence-electron chi connectivity index (χ0n) is 17.0. The van der Waals surface area contributed by atoms with E-state index in [0.29, 0.717) is 35.0 Å². The van der Waals surface area contributed by atoms with Crippen LogP contribution in [0, 0.1) is 0 Å². The van der Waals surface area contributed by atoms with E-state index in [0.717, 1.165) is 6.26 Å². The number of sulfonamides is 1. The number of carbonyl (C=O) groups is 1. The first-order valence-corrected chi connectivity index (χ1v) is 10.8. The van der Waals surface area contributed by atoms with E-state index in [-0.39, 0.29) is 18.9 Å². The van der Waals surface area contributed by atoms with Crippen LogP contribution in [0.4, 0.5) is 11.4 Å². The molecule has 0 aliphatic carbocycles. The molecule has 0 aromatic heterocycles. The summed E-state index contributed by atoms with van der Waals surface area (Å²) in [4.78, 5) is 12.4. The Kier molecular flexibility index (Phi) is 7.72. The standard InChI is InChI=1S/C20H26N2O6S/c1-26-16-8-5-7-15(13-16)22(29(4,24)25)12-6-9-20(23)21-18-14-17(27-2)10-11-19(18)28-3/h5,7-8,10-11,13-14H,6,9,12H2,1-4H3,(H,21,23). The number of rotatable bonds is 10. The van der Waals surface area contributed by atoms with Crippen molar-refractivity contribution < 1.29 is 27.4 Å². The number of amides is 1. The summed E-state index contributed by atoms with van der Waals surface area (Å²) in [5, 5.41) is 2.77. The molecular formula is C20H26N2O6S. The SMILES string of the molecule is COc1cccc(N(CCCC(=O)Nc2cc(OC)ccc2OC)S(C)(=O)=O)c1. The van der Waals surface area contributed by atoms with Crippen molar-refractivity contribution in [3.05, 3.63) is 42.5 Å². The molecule has 0 spiro atoms. The number of benzene rings is 2.